The molecule has 1 aromatic carbocycles. The van der Waals surface area contributed by atoms with Crippen LogP contribution in [-0.2, 0) is 14.9 Å². The van der Waals surface area contributed by atoms with Crippen LogP contribution in [0.15, 0.2) is 28.7 Å². The Kier molecular flexibility index (Phi) is 8.89. The van der Waals surface area contributed by atoms with Crippen LogP contribution < -0.4 is 11.1 Å². The molecule has 0 unspecified atom stereocenters. The van der Waals surface area contributed by atoms with E-state index in [1.54, 1.807) is 0 Å². The van der Waals surface area contributed by atoms with Crippen molar-refractivity contribution in [2.75, 3.05) is 26.3 Å². The van der Waals surface area contributed by atoms with Gasteiger partial charge in [0.15, 0.2) is 0 Å². The van der Waals surface area contributed by atoms with Crippen molar-refractivity contribution in [2.24, 2.45) is 11.1 Å². The Morgan fingerprint density at radius 2 is 1.80 bits per heavy atom. The first kappa shape index (κ1) is 22.4. The molecule has 0 aromatic heterocycles. The zero-order chi connectivity index (χ0) is 17.6. The summed E-state index contributed by atoms with van der Waals surface area (Å²) in [4.78, 5) is 12.8. The lowest BCUT2D eigenvalue weighted by Crippen LogP contribution is -2.51. The molecule has 1 aromatic rings. The molecule has 142 valence electrons. The zero-order valence-electron chi connectivity index (χ0n) is 15.1. The number of amides is 1. The minimum Gasteiger partial charge on any atom is -0.381 e. The van der Waals surface area contributed by atoms with Crippen LogP contribution in [0.5, 0.6) is 0 Å². The topological polar surface area (TPSA) is 64.4 Å². The SMILES string of the molecule is CCC(CC)(CN)C(=O)NCC1(c2ccc(Br)cc2)CCOCC1.Cl. The molecule has 1 heterocycles. The predicted octanol–water partition coefficient (Wildman–Crippen LogP) is 3.80. The van der Waals surface area contributed by atoms with Crippen LogP contribution in [0.25, 0.3) is 0 Å². The Hall–Kier alpha value is -0.620. The molecule has 1 amide bonds. The molecule has 0 aliphatic carbocycles. The van der Waals surface area contributed by atoms with E-state index in [1.165, 1.54) is 5.56 Å². The fourth-order valence-corrected chi connectivity index (χ4v) is 3.79. The summed E-state index contributed by atoms with van der Waals surface area (Å²) in [5.41, 5.74) is 6.67. The number of ether oxygens (including phenoxy) is 1. The first-order valence-corrected chi connectivity index (χ1v) is 9.63. The second-order valence-electron chi connectivity index (χ2n) is 6.77. The van der Waals surface area contributed by atoms with Gasteiger partial charge in [-0.25, -0.2) is 0 Å². The smallest absolute Gasteiger partial charge is 0.227 e. The Labute approximate surface area is 165 Å². The van der Waals surface area contributed by atoms with E-state index >= 15 is 0 Å². The van der Waals surface area contributed by atoms with Crippen molar-refractivity contribution >= 4 is 34.2 Å². The Morgan fingerprint density at radius 1 is 1.24 bits per heavy atom. The minimum atomic E-state index is -0.452. The molecule has 2 rings (SSSR count). The number of carbonyl (C=O) groups is 1. The second-order valence-corrected chi connectivity index (χ2v) is 7.69. The molecule has 0 spiro atoms. The molecule has 3 N–H and O–H groups in total. The largest absolute Gasteiger partial charge is 0.381 e. The van der Waals surface area contributed by atoms with Crippen molar-refractivity contribution in [3.63, 3.8) is 0 Å². The average molecular weight is 434 g/mol. The van der Waals surface area contributed by atoms with Crippen LogP contribution in [0.4, 0.5) is 0 Å². The zero-order valence-corrected chi connectivity index (χ0v) is 17.5. The Balaban J connectivity index is 0.00000312. The lowest BCUT2D eigenvalue weighted by molar-refractivity contribution is -0.131. The number of nitrogens with two attached hydrogens (primary N) is 1. The van der Waals surface area contributed by atoms with Gasteiger partial charge >= 0.3 is 0 Å². The highest BCUT2D eigenvalue weighted by Crippen LogP contribution is 2.35. The second kappa shape index (κ2) is 9.91. The fraction of sp³-hybridized carbons (Fsp3) is 0.632. The summed E-state index contributed by atoms with van der Waals surface area (Å²) in [5.74, 6) is 0.0815. The lowest BCUT2D eigenvalue weighted by atomic mass is 9.73. The number of halogens is 2. The maximum atomic E-state index is 12.8. The number of hydrogen-bond donors (Lipinski definition) is 2. The van der Waals surface area contributed by atoms with Crippen molar-refractivity contribution < 1.29 is 9.53 Å². The molecule has 1 aliphatic rings. The van der Waals surface area contributed by atoms with Gasteiger partial charge in [-0.3, -0.25) is 4.79 Å². The first-order chi connectivity index (χ1) is 11.5. The summed E-state index contributed by atoms with van der Waals surface area (Å²) >= 11 is 3.50. The van der Waals surface area contributed by atoms with Crippen LogP contribution in [-0.4, -0.2) is 32.2 Å². The van der Waals surface area contributed by atoms with Gasteiger partial charge in [0.25, 0.3) is 0 Å². The summed E-state index contributed by atoms with van der Waals surface area (Å²) in [7, 11) is 0. The van der Waals surface area contributed by atoms with Crippen LogP contribution in [0.3, 0.4) is 0 Å². The quantitative estimate of drug-likeness (QED) is 0.687. The molecule has 25 heavy (non-hydrogen) atoms. The van der Waals surface area contributed by atoms with E-state index in [-0.39, 0.29) is 23.7 Å². The summed E-state index contributed by atoms with van der Waals surface area (Å²) in [5, 5.41) is 3.21. The normalized spacial score (nSPS) is 16.8. The van der Waals surface area contributed by atoms with Crippen molar-refractivity contribution in [3.05, 3.63) is 34.3 Å². The molecule has 1 fully saturated rings. The van der Waals surface area contributed by atoms with E-state index in [0.29, 0.717) is 13.1 Å². The number of rotatable bonds is 7. The monoisotopic (exact) mass is 432 g/mol. The molecular formula is C19H30BrClN2O2. The third-order valence-corrected chi connectivity index (χ3v) is 6.25. The van der Waals surface area contributed by atoms with E-state index in [1.807, 2.05) is 13.8 Å². The van der Waals surface area contributed by atoms with Crippen molar-refractivity contribution in [2.45, 2.75) is 44.9 Å². The van der Waals surface area contributed by atoms with Gasteiger partial charge in [-0.05, 0) is 43.4 Å². The highest BCUT2D eigenvalue weighted by molar-refractivity contribution is 9.10. The fourth-order valence-electron chi connectivity index (χ4n) is 3.52. The van der Waals surface area contributed by atoms with E-state index in [9.17, 15) is 4.79 Å². The number of benzene rings is 1. The Bertz CT molecular complexity index is 533. The van der Waals surface area contributed by atoms with Gasteiger partial charge in [0.2, 0.25) is 5.91 Å². The molecule has 6 heteroatoms. The molecule has 4 nitrogen and oxygen atoms in total. The standard InChI is InChI=1S/C19H29BrN2O2.ClH/c1-3-18(4-2,13-21)17(23)22-14-19(9-11-24-12-10-19)15-5-7-16(20)8-6-15;/h5-8H,3-4,9-14,21H2,1-2H3,(H,22,23);1H. The van der Waals surface area contributed by atoms with Crippen LogP contribution >= 0.6 is 28.3 Å². The van der Waals surface area contributed by atoms with Crippen LogP contribution in [0.2, 0.25) is 0 Å². The highest BCUT2D eigenvalue weighted by atomic mass is 79.9. The highest BCUT2D eigenvalue weighted by Gasteiger charge is 2.38. The summed E-state index contributed by atoms with van der Waals surface area (Å²) in [6.45, 7) is 6.56. The summed E-state index contributed by atoms with van der Waals surface area (Å²) < 4.78 is 6.63. The van der Waals surface area contributed by atoms with Gasteiger partial charge in [0.05, 0.1) is 5.41 Å². The van der Waals surface area contributed by atoms with Gasteiger partial charge in [-0.15, -0.1) is 12.4 Å². The Morgan fingerprint density at radius 3 is 2.28 bits per heavy atom. The minimum absolute atomic E-state index is 0. The molecule has 1 aliphatic heterocycles. The van der Waals surface area contributed by atoms with Crippen LogP contribution in [0.1, 0.15) is 45.1 Å². The maximum Gasteiger partial charge on any atom is 0.227 e. The third-order valence-electron chi connectivity index (χ3n) is 5.72. The van der Waals surface area contributed by atoms with Gasteiger partial charge in [0.1, 0.15) is 0 Å². The molecule has 0 atom stereocenters. The number of hydrogen-bond acceptors (Lipinski definition) is 3. The maximum absolute atomic E-state index is 12.8. The van der Waals surface area contributed by atoms with Crippen molar-refractivity contribution in [1.82, 2.24) is 5.32 Å². The average Bonchev–Trinajstić information content (AvgIpc) is 2.63. The van der Waals surface area contributed by atoms with Crippen molar-refractivity contribution in [1.29, 1.82) is 0 Å². The summed E-state index contributed by atoms with van der Waals surface area (Å²) in [6, 6.07) is 8.43. The van der Waals surface area contributed by atoms with Crippen molar-refractivity contribution in [3.8, 4) is 0 Å². The van der Waals surface area contributed by atoms with Gasteiger partial charge in [-0.1, -0.05) is 41.9 Å². The van der Waals surface area contributed by atoms with Gasteiger partial charge in [-0.2, -0.15) is 0 Å². The number of nitrogens with one attached hydrogen (secondary N) is 1. The van der Waals surface area contributed by atoms with Gasteiger partial charge < -0.3 is 15.8 Å². The van der Waals surface area contributed by atoms with E-state index < -0.39 is 5.41 Å². The molecule has 0 saturated carbocycles. The summed E-state index contributed by atoms with van der Waals surface area (Å²) in [6.07, 6.45) is 3.37. The van der Waals surface area contributed by atoms with Gasteiger partial charge in [0, 0.05) is 36.2 Å². The molecular weight excluding hydrogens is 404 g/mol. The number of carbonyl (C=O) groups excluding carboxylic acids is 1. The van der Waals surface area contributed by atoms with E-state index in [2.05, 4.69) is 45.5 Å². The molecule has 1 saturated heterocycles. The lowest BCUT2D eigenvalue weighted by Gasteiger charge is -2.39. The van der Waals surface area contributed by atoms with Crippen LogP contribution in [0, 0.1) is 5.41 Å². The predicted molar refractivity (Wildman–Crippen MR) is 108 cm³/mol. The first-order valence-electron chi connectivity index (χ1n) is 8.84. The van der Waals surface area contributed by atoms with E-state index in [4.69, 9.17) is 10.5 Å². The molecule has 0 radical (unpaired) electrons. The van der Waals surface area contributed by atoms with E-state index in [0.717, 1.165) is 43.4 Å². The third kappa shape index (κ3) is 4.97. The molecule has 0 bridgehead atoms.